The normalized spacial score (nSPS) is 9.93. The maximum absolute atomic E-state index is 11.3. The molecule has 0 aliphatic rings. The van der Waals surface area contributed by atoms with E-state index >= 15 is 0 Å². The number of carbonyl (C=O) groups is 2. The summed E-state index contributed by atoms with van der Waals surface area (Å²) in [5.41, 5.74) is 0. The molecule has 0 radical (unpaired) electrons. The summed E-state index contributed by atoms with van der Waals surface area (Å²) in [7, 11) is 0. The Labute approximate surface area is 95.7 Å². The second kappa shape index (κ2) is 5.77. The molecule has 0 saturated carbocycles. The number of carboxylic acids is 1. The smallest absolute Gasteiger partial charge is 0.345 e. The van der Waals surface area contributed by atoms with Gasteiger partial charge in [0.1, 0.15) is 4.88 Å². The highest BCUT2D eigenvalue weighted by Gasteiger charge is 2.08. The Kier molecular flexibility index (Phi) is 4.64. The predicted molar refractivity (Wildman–Crippen MR) is 62.9 cm³/mol. The molecule has 2 N–H and O–H groups in total. The second-order valence-corrected chi connectivity index (χ2v) is 4.83. The van der Waals surface area contributed by atoms with Gasteiger partial charge in [-0.1, -0.05) is 0 Å². The Morgan fingerprint density at radius 1 is 1.53 bits per heavy atom. The fourth-order valence-electron chi connectivity index (χ4n) is 0.915. The van der Waals surface area contributed by atoms with Gasteiger partial charge in [-0.2, -0.15) is 11.8 Å². The minimum Gasteiger partial charge on any atom is -0.477 e. The standard InChI is InChI=1S/C9H11NO3S2/c1-14-5-4-7(11)10-8-3-2-6(15-8)9(12)13/h2-3H,4-5H2,1H3,(H,10,11)(H,12,13). The van der Waals surface area contributed by atoms with E-state index in [0.717, 1.165) is 17.1 Å². The number of thiophene rings is 1. The molecule has 0 atom stereocenters. The van der Waals surface area contributed by atoms with Crippen LogP contribution < -0.4 is 5.32 Å². The van der Waals surface area contributed by atoms with Crippen LogP contribution in [0.15, 0.2) is 12.1 Å². The van der Waals surface area contributed by atoms with E-state index in [1.165, 1.54) is 6.07 Å². The number of aromatic carboxylic acids is 1. The van der Waals surface area contributed by atoms with E-state index in [9.17, 15) is 9.59 Å². The maximum Gasteiger partial charge on any atom is 0.345 e. The minimum absolute atomic E-state index is 0.0804. The lowest BCUT2D eigenvalue weighted by Crippen LogP contribution is -2.10. The third-order valence-corrected chi connectivity index (χ3v) is 3.21. The van der Waals surface area contributed by atoms with Crippen molar-refractivity contribution in [3.05, 3.63) is 17.0 Å². The quantitative estimate of drug-likeness (QED) is 0.834. The van der Waals surface area contributed by atoms with Gasteiger partial charge in [-0.3, -0.25) is 4.79 Å². The number of anilines is 1. The Morgan fingerprint density at radius 3 is 2.80 bits per heavy atom. The summed E-state index contributed by atoms with van der Waals surface area (Å²) in [5, 5.41) is 11.9. The number of nitrogens with one attached hydrogen (secondary N) is 1. The number of carboxylic acid groups (broad SMARTS) is 1. The summed E-state index contributed by atoms with van der Waals surface area (Å²) in [6, 6.07) is 3.09. The molecule has 1 aromatic rings. The van der Waals surface area contributed by atoms with E-state index in [0.29, 0.717) is 11.4 Å². The maximum atomic E-state index is 11.3. The zero-order valence-corrected chi connectivity index (χ0v) is 9.78. The Balaban J connectivity index is 2.50. The van der Waals surface area contributed by atoms with Gasteiger partial charge in [0.25, 0.3) is 0 Å². The highest BCUT2D eigenvalue weighted by molar-refractivity contribution is 7.98. The number of amides is 1. The van der Waals surface area contributed by atoms with Crippen molar-refractivity contribution >= 4 is 40.0 Å². The number of hydrogen-bond donors (Lipinski definition) is 2. The molecule has 0 saturated heterocycles. The first-order chi connectivity index (χ1) is 7.13. The molecule has 1 rings (SSSR count). The number of carbonyl (C=O) groups excluding carboxylic acids is 1. The highest BCUT2D eigenvalue weighted by atomic mass is 32.2. The van der Waals surface area contributed by atoms with Crippen LogP contribution in [0.2, 0.25) is 0 Å². The van der Waals surface area contributed by atoms with Gasteiger partial charge in [0.05, 0.1) is 5.00 Å². The second-order valence-electron chi connectivity index (χ2n) is 2.76. The fourth-order valence-corrected chi connectivity index (χ4v) is 2.07. The van der Waals surface area contributed by atoms with E-state index in [4.69, 9.17) is 5.11 Å². The molecule has 0 bridgehead atoms. The zero-order chi connectivity index (χ0) is 11.3. The van der Waals surface area contributed by atoms with Gasteiger partial charge < -0.3 is 10.4 Å². The van der Waals surface area contributed by atoms with Gasteiger partial charge in [0.2, 0.25) is 5.91 Å². The van der Waals surface area contributed by atoms with Crippen LogP contribution in [0.3, 0.4) is 0 Å². The largest absolute Gasteiger partial charge is 0.477 e. The molecular formula is C9H11NO3S2. The van der Waals surface area contributed by atoms with Crippen molar-refractivity contribution < 1.29 is 14.7 Å². The van der Waals surface area contributed by atoms with Crippen molar-refractivity contribution in [2.45, 2.75) is 6.42 Å². The number of thioether (sulfide) groups is 1. The molecule has 4 nitrogen and oxygen atoms in total. The molecule has 1 amide bonds. The lowest BCUT2D eigenvalue weighted by molar-refractivity contribution is -0.115. The first-order valence-electron chi connectivity index (χ1n) is 4.25. The first kappa shape index (κ1) is 12.1. The summed E-state index contributed by atoms with van der Waals surface area (Å²) in [4.78, 5) is 22.1. The summed E-state index contributed by atoms with van der Waals surface area (Å²) >= 11 is 2.66. The van der Waals surface area contributed by atoms with E-state index in [2.05, 4.69) is 5.32 Å². The lowest BCUT2D eigenvalue weighted by atomic mass is 10.4. The summed E-state index contributed by atoms with van der Waals surface area (Å²) < 4.78 is 0. The van der Waals surface area contributed by atoms with E-state index in [1.54, 1.807) is 17.8 Å². The van der Waals surface area contributed by atoms with Crippen LogP contribution in [-0.4, -0.2) is 29.0 Å². The van der Waals surface area contributed by atoms with Crippen molar-refractivity contribution in [1.29, 1.82) is 0 Å². The van der Waals surface area contributed by atoms with E-state index < -0.39 is 5.97 Å². The SMILES string of the molecule is CSCCC(=O)Nc1ccc(C(=O)O)s1. The molecule has 0 unspecified atom stereocenters. The molecule has 6 heteroatoms. The van der Waals surface area contributed by atoms with Crippen LogP contribution in [0.25, 0.3) is 0 Å². The average Bonchev–Trinajstić information content (AvgIpc) is 2.63. The number of rotatable bonds is 5. The minimum atomic E-state index is -0.968. The van der Waals surface area contributed by atoms with Gasteiger partial charge >= 0.3 is 5.97 Å². The molecule has 1 heterocycles. The van der Waals surface area contributed by atoms with Gasteiger partial charge in [-0.15, -0.1) is 11.3 Å². The van der Waals surface area contributed by atoms with Gasteiger partial charge in [0, 0.05) is 12.2 Å². The van der Waals surface area contributed by atoms with Crippen LogP contribution in [0.5, 0.6) is 0 Å². The molecule has 0 spiro atoms. The van der Waals surface area contributed by atoms with Crippen molar-refractivity contribution in [3.63, 3.8) is 0 Å². The summed E-state index contributed by atoms with van der Waals surface area (Å²) in [5.74, 6) is -0.282. The topological polar surface area (TPSA) is 66.4 Å². The summed E-state index contributed by atoms with van der Waals surface area (Å²) in [6.45, 7) is 0. The Bertz CT molecular complexity index is 362. The van der Waals surface area contributed by atoms with E-state index in [1.807, 2.05) is 6.26 Å². The molecule has 15 heavy (non-hydrogen) atoms. The monoisotopic (exact) mass is 245 g/mol. The predicted octanol–water partition coefficient (Wildman–Crippen LogP) is 2.14. The third-order valence-electron chi connectivity index (χ3n) is 1.61. The van der Waals surface area contributed by atoms with E-state index in [-0.39, 0.29) is 10.8 Å². The zero-order valence-electron chi connectivity index (χ0n) is 8.15. The molecule has 0 aliphatic carbocycles. The molecule has 1 aromatic heterocycles. The van der Waals surface area contributed by atoms with Crippen molar-refractivity contribution in [3.8, 4) is 0 Å². The van der Waals surface area contributed by atoms with Crippen LogP contribution in [0.4, 0.5) is 5.00 Å². The van der Waals surface area contributed by atoms with Gasteiger partial charge in [-0.05, 0) is 18.4 Å². The highest BCUT2D eigenvalue weighted by Crippen LogP contribution is 2.21. The van der Waals surface area contributed by atoms with Crippen molar-refractivity contribution in [2.24, 2.45) is 0 Å². The molecule has 0 aromatic carbocycles. The molecular weight excluding hydrogens is 234 g/mol. The van der Waals surface area contributed by atoms with Gasteiger partial charge in [-0.25, -0.2) is 4.79 Å². The Morgan fingerprint density at radius 2 is 2.27 bits per heavy atom. The Hall–Kier alpha value is -1.01. The van der Waals surface area contributed by atoms with Crippen LogP contribution >= 0.6 is 23.1 Å². The van der Waals surface area contributed by atoms with Gasteiger partial charge in [0.15, 0.2) is 0 Å². The van der Waals surface area contributed by atoms with Crippen LogP contribution in [-0.2, 0) is 4.79 Å². The lowest BCUT2D eigenvalue weighted by Gasteiger charge is -2.00. The van der Waals surface area contributed by atoms with Crippen LogP contribution in [0, 0.1) is 0 Å². The molecule has 0 fully saturated rings. The molecule has 82 valence electrons. The van der Waals surface area contributed by atoms with Crippen molar-refractivity contribution in [1.82, 2.24) is 0 Å². The van der Waals surface area contributed by atoms with Crippen molar-refractivity contribution in [2.75, 3.05) is 17.3 Å². The fraction of sp³-hybridized carbons (Fsp3) is 0.333. The third kappa shape index (κ3) is 3.93. The summed E-state index contributed by atoms with van der Waals surface area (Å²) in [6.07, 6.45) is 2.38. The molecule has 0 aliphatic heterocycles. The number of hydrogen-bond acceptors (Lipinski definition) is 4. The first-order valence-corrected chi connectivity index (χ1v) is 6.46. The average molecular weight is 245 g/mol. The van der Waals surface area contributed by atoms with Crippen LogP contribution in [0.1, 0.15) is 16.1 Å².